The summed E-state index contributed by atoms with van der Waals surface area (Å²) in [6, 6.07) is 72.1. The molecule has 0 atom stereocenters. The van der Waals surface area contributed by atoms with E-state index < -0.39 is 0 Å². The first-order valence-corrected chi connectivity index (χ1v) is 17.8. The molecule has 0 unspecified atom stereocenters. The summed E-state index contributed by atoms with van der Waals surface area (Å²) >= 11 is 0. The molecule has 3 nitrogen and oxygen atoms in total. The zero-order valence-corrected chi connectivity index (χ0v) is 28.9. The van der Waals surface area contributed by atoms with Crippen molar-refractivity contribution in [1.82, 2.24) is 9.55 Å². The van der Waals surface area contributed by atoms with E-state index in [0.717, 1.165) is 72.5 Å². The Kier molecular flexibility index (Phi) is 8.25. The molecule has 0 fully saturated rings. The van der Waals surface area contributed by atoms with E-state index in [1.807, 2.05) is 48.5 Å². The number of nitrogens with zero attached hydrogens (tertiary/aromatic N) is 3. The fraction of sp³-hybridized carbons (Fsp3) is 0. The molecule has 53 heavy (non-hydrogen) atoms. The fourth-order valence-electron chi connectivity index (χ4n) is 7.45. The van der Waals surface area contributed by atoms with E-state index in [-0.39, 0.29) is 0 Å². The van der Waals surface area contributed by atoms with Gasteiger partial charge in [0, 0.05) is 27.6 Å². The third-order valence-corrected chi connectivity index (χ3v) is 9.88. The molecule has 3 heteroatoms. The maximum atomic E-state index is 10.8. The van der Waals surface area contributed by atoms with Crippen LogP contribution in [-0.4, -0.2) is 9.55 Å². The molecule has 0 saturated heterocycles. The highest BCUT2D eigenvalue weighted by Gasteiger charge is 2.29. The van der Waals surface area contributed by atoms with Crippen molar-refractivity contribution >= 4 is 10.8 Å². The minimum atomic E-state index is 0.394. The lowest BCUT2D eigenvalue weighted by atomic mass is 9.92. The van der Waals surface area contributed by atoms with Gasteiger partial charge in [0.25, 0.3) is 0 Å². The SMILES string of the molecule is N#Cc1nc(-c2ccccc2)c2c(-c3ccccc3)n(-c3ccc(-c4ccc(-c5ccccc5)cc4)cc3)c(-c3ccccc3)c2c1-c1ccccc1. The molecule has 0 aliphatic heterocycles. The Morgan fingerprint density at radius 1 is 0.358 bits per heavy atom. The molecule has 0 saturated carbocycles. The van der Waals surface area contributed by atoms with E-state index in [0.29, 0.717) is 5.69 Å². The molecular formula is C50H33N3. The van der Waals surface area contributed by atoms with E-state index in [1.54, 1.807) is 0 Å². The van der Waals surface area contributed by atoms with Gasteiger partial charge in [-0.15, -0.1) is 0 Å². The predicted octanol–water partition coefficient (Wildman–Crippen LogP) is 12.9. The van der Waals surface area contributed by atoms with Crippen molar-refractivity contribution in [1.29, 1.82) is 5.26 Å². The van der Waals surface area contributed by atoms with E-state index >= 15 is 0 Å². The van der Waals surface area contributed by atoms with Gasteiger partial charge in [-0.05, 0) is 51.1 Å². The molecule has 0 spiro atoms. The molecule has 2 heterocycles. The van der Waals surface area contributed by atoms with Crippen LogP contribution in [-0.2, 0) is 0 Å². The zero-order chi connectivity index (χ0) is 35.6. The molecule has 7 aromatic carbocycles. The standard InChI is InChI=1S/C50H33N3/c51-34-44-45(39-18-8-2-9-19-39)46-47(48(52-44)40-20-10-3-11-21-40)50(42-24-14-5-15-25-42)53(49(46)41-22-12-4-13-23-41)43-32-30-38(31-33-43)37-28-26-36(27-29-37)35-16-6-1-7-17-35/h1-33H. The van der Waals surface area contributed by atoms with Crippen LogP contribution in [0.5, 0.6) is 0 Å². The van der Waals surface area contributed by atoms with Gasteiger partial charge in [-0.25, -0.2) is 4.98 Å². The molecule has 0 amide bonds. The molecule has 0 aliphatic carbocycles. The summed E-state index contributed by atoms with van der Waals surface area (Å²) in [5.41, 5.74) is 13.7. The van der Waals surface area contributed by atoms with E-state index in [2.05, 4.69) is 162 Å². The Bertz CT molecular complexity index is 2710. The lowest BCUT2D eigenvalue weighted by Gasteiger charge is -2.16. The van der Waals surface area contributed by atoms with Crippen LogP contribution in [0.25, 0.3) is 83.6 Å². The van der Waals surface area contributed by atoms with Crippen LogP contribution in [0.1, 0.15) is 5.69 Å². The van der Waals surface area contributed by atoms with Gasteiger partial charge < -0.3 is 4.57 Å². The Hall–Kier alpha value is -7.28. The van der Waals surface area contributed by atoms with Gasteiger partial charge >= 0.3 is 0 Å². The van der Waals surface area contributed by atoms with Crippen molar-refractivity contribution in [3.05, 3.63) is 206 Å². The second-order valence-corrected chi connectivity index (χ2v) is 13.0. The highest BCUT2D eigenvalue weighted by atomic mass is 15.0. The highest BCUT2D eigenvalue weighted by molar-refractivity contribution is 6.18. The van der Waals surface area contributed by atoms with Crippen LogP contribution in [0.3, 0.4) is 0 Å². The van der Waals surface area contributed by atoms with Crippen molar-refractivity contribution in [3.8, 4) is 78.9 Å². The largest absolute Gasteiger partial charge is 0.308 e. The van der Waals surface area contributed by atoms with Crippen LogP contribution < -0.4 is 0 Å². The number of fused-ring (bicyclic) bond motifs is 1. The Morgan fingerprint density at radius 3 is 1.17 bits per heavy atom. The van der Waals surface area contributed by atoms with Crippen molar-refractivity contribution < 1.29 is 0 Å². The van der Waals surface area contributed by atoms with Gasteiger partial charge in [0.2, 0.25) is 0 Å². The second-order valence-electron chi connectivity index (χ2n) is 13.0. The van der Waals surface area contributed by atoms with Crippen LogP contribution in [0.4, 0.5) is 0 Å². The molecule has 0 bridgehead atoms. The normalized spacial score (nSPS) is 11.0. The molecular weight excluding hydrogens is 643 g/mol. The minimum absolute atomic E-state index is 0.394. The van der Waals surface area contributed by atoms with Crippen LogP contribution in [0.15, 0.2) is 200 Å². The number of rotatable bonds is 7. The Morgan fingerprint density at radius 2 is 0.717 bits per heavy atom. The van der Waals surface area contributed by atoms with Crippen LogP contribution in [0, 0.1) is 11.3 Å². The van der Waals surface area contributed by atoms with Gasteiger partial charge in [-0.3, -0.25) is 0 Å². The van der Waals surface area contributed by atoms with Gasteiger partial charge in [0.1, 0.15) is 11.8 Å². The maximum absolute atomic E-state index is 10.8. The molecule has 9 aromatic rings. The smallest absolute Gasteiger partial charge is 0.149 e. The lowest BCUT2D eigenvalue weighted by molar-refractivity contribution is 1.10. The number of hydrogen-bond donors (Lipinski definition) is 0. The van der Waals surface area contributed by atoms with Crippen LogP contribution in [0.2, 0.25) is 0 Å². The third kappa shape index (κ3) is 5.79. The topological polar surface area (TPSA) is 41.6 Å². The van der Waals surface area contributed by atoms with Crippen molar-refractivity contribution in [2.75, 3.05) is 0 Å². The fourth-order valence-corrected chi connectivity index (χ4v) is 7.45. The first-order valence-electron chi connectivity index (χ1n) is 17.8. The number of benzene rings is 7. The number of hydrogen-bond acceptors (Lipinski definition) is 2. The summed E-state index contributed by atoms with van der Waals surface area (Å²) in [5, 5.41) is 12.8. The van der Waals surface area contributed by atoms with Crippen molar-refractivity contribution in [2.24, 2.45) is 0 Å². The van der Waals surface area contributed by atoms with Gasteiger partial charge in [0.15, 0.2) is 0 Å². The quantitative estimate of drug-likeness (QED) is 0.169. The highest BCUT2D eigenvalue weighted by Crippen LogP contribution is 2.49. The molecule has 0 N–H and O–H groups in total. The molecule has 248 valence electrons. The third-order valence-electron chi connectivity index (χ3n) is 9.88. The maximum Gasteiger partial charge on any atom is 0.149 e. The lowest BCUT2D eigenvalue weighted by Crippen LogP contribution is -2.00. The molecule has 0 radical (unpaired) electrons. The van der Waals surface area contributed by atoms with Crippen molar-refractivity contribution in [3.63, 3.8) is 0 Å². The number of aromatic nitrogens is 2. The molecule has 2 aromatic heterocycles. The summed E-state index contributed by atoms with van der Waals surface area (Å²) in [6.07, 6.45) is 0. The van der Waals surface area contributed by atoms with E-state index in [9.17, 15) is 5.26 Å². The summed E-state index contributed by atoms with van der Waals surface area (Å²) in [5.74, 6) is 0. The zero-order valence-electron chi connectivity index (χ0n) is 28.9. The molecule has 9 rings (SSSR count). The monoisotopic (exact) mass is 675 g/mol. The van der Waals surface area contributed by atoms with Crippen molar-refractivity contribution in [2.45, 2.75) is 0 Å². The minimum Gasteiger partial charge on any atom is -0.308 e. The number of pyridine rings is 1. The molecule has 0 aliphatic rings. The number of nitriles is 1. The van der Waals surface area contributed by atoms with Gasteiger partial charge in [0.05, 0.1) is 17.1 Å². The summed E-state index contributed by atoms with van der Waals surface area (Å²) < 4.78 is 2.37. The average Bonchev–Trinajstić information content (AvgIpc) is 3.61. The summed E-state index contributed by atoms with van der Waals surface area (Å²) in [6.45, 7) is 0. The Balaban J connectivity index is 1.37. The van der Waals surface area contributed by atoms with Gasteiger partial charge in [-0.1, -0.05) is 188 Å². The van der Waals surface area contributed by atoms with Crippen LogP contribution >= 0.6 is 0 Å². The first kappa shape index (κ1) is 31.7. The van der Waals surface area contributed by atoms with E-state index in [1.165, 1.54) is 11.1 Å². The summed E-state index contributed by atoms with van der Waals surface area (Å²) in [7, 11) is 0. The summed E-state index contributed by atoms with van der Waals surface area (Å²) in [4.78, 5) is 5.20. The predicted molar refractivity (Wildman–Crippen MR) is 218 cm³/mol. The Labute approximate surface area is 309 Å². The van der Waals surface area contributed by atoms with E-state index in [4.69, 9.17) is 4.98 Å². The average molecular weight is 676 g/mol. The second kappa shape index (κ2) is 13.8. The van der Waals surface area contributed by atoms with Gasteiger partial charge in [-0.2, -0.15) is 5.26 Å². The first-order chi connectivity index (χ1) is 26.3.